The van der Waals surface area contributed by atoms with Crippen molar-refractivity contribution >= 4 is 50.0 Å². The van der Waals surface area contributed by atoms with Gasteiger partial charge in [-0.2, -0.15) is 0 Å². The van der Waals surface area contributed by atoms with E-state index in [2.05, 4.69) is 26.6 Å². The van der Waals surface area contributed by atoms with Crippen molar-refractivity contribution in [2.45, 2.75) is 13.5 Å². The minimum Gasteiger partial charge on any atom is -0.338 e. The first kappa shape index (κ1) is 17.9. The third-order valence-electron chi connectivity index (χ3n) is 3.74. The topological polar surface area (TPSA) is 80.2 Å². The number of anilines is 2. The molecule has 0 aliphatic carbocycles. The summed E-state index contributed by atoms with van der Waals surface area (Å²) in [5.74, 6) is -0.372. The molecule has 26 heavy (non-hydrogen) atoms. The number of hydrogen-bond donors (Lipinski definition) is 2. The van der Waals surface area contributed by atoms with E-state index in [4.69, 9.17) is 0 Å². The number of carbonyl (C=O) groups excluding carboxylic acids is 2. The quantitative estimate of drug-likeness (QED) is 0.687. The molecular formula is C19H16BrN3O3. The first-order valence-electron chi connectivity index (χ1n) is 7.88. The minimum atomic E-state index is -0.217. The van der Waals surface area contributed by atoms with Crippen LogP contribution in [0.5, 0.6) is 0 Å². The van der Waals surface area contributed by atoms with Crippen LogP contribution in [0.4, 0.5) is 11.4 Å². The molecule has 132 valence electrons. The Labute approximate surface area is 158 Å². The van der Waals surface area contributed by atoms with Crippen LogP contribution >= 0.6 is 15.9 Å². The zero-order valence-electron chi connectivity index (χ0n) is 14.0. The number of aromatic nitrogens is 1. The Kier molecular flexibility index (Phi) is 5.18. The Bertz CT molecular complexity index is 1040. The highest BCUT2D eigenvalue weighted by Crippen LogP contribution is 2.18. The highest BCUT2D eigenvalue weighted by atomic mass is 79.9. The molecule has 0 spiro atoms. The Morgan fingerprint density at radius 1 is 1.00 bits per heavy atom. The third kappa shape index (κ3) is 4.18. The van der Waals surface area contributed by atoms with E-state index in [1.165, 1.54) is 13.0 Å². The summed E-state index contributed by atoms with van der Waals surface area (Å²) in [6, 6.07) is 13.7. The van der Waals surface area contributed by atoms with Crippen LogP contribution in [0.15, 0.2) is 64.0 Å². The van der Waals surface area contributed by atoms with Crippen LogP contribution in [0.2, 0.25) is 0 Å². The lowest BCUT2D eigenvalue weighted by molar-refractivity contribution is -0.116. The number of benzene rings is 2. The summed E-state index contributed by atoms with van der Waals surface area (Å²) in [6.07, 6.45) is 1.61. The zero-order valence-corrected chi connectivity index (χ0v) is 15.5. The molecule has 0 radical (unpaired) electrons. The Hall–Kier alpha value is -2.93. The number of fused-ring (bicyclic) bond motifs is 1. The van der Waals surface area contributed by atoms with Gasteiger partial charge in [0.15, 0.2) is 5.43 Å². The second kappa shape index (κ2) is 7.53. The maximum absolute atomic E-state index is 12.4. The molecule has 2 amide bonds. The van der Waals surface area contributed by atoms with Gasteiger partial charge in [-0.05, 0) is 42.5 Å². The van der Waals surface area contributed by atoms with E-state index >= 15 is 0 Å². The second-order valence-electron chi connectivity index (χ2n) is 5.78. The van der Waals surface area contributed by atoms with Crippen molar-refractivity contribution in [3.05, 3.63) is 69.4 Å². The molecule has 2 N–H and O–H groups in total. The Morgan fingerprint density at radius 2 is 1.65 bits per heavy atom. The van der Waals surface area contributed by atoms with E-state index in [0.29, 0.717) is 22.3 Å². The van der Waals surface area contributed by atoms with Crippen LogP contribution in [0.3, 0.4) is 0 Å². The van der Waals surface area contributed by atoms with E-state index in [9.17, 15) is 14.4 Å². The lowest BCUT2D eigenvalue weighted by atomic mass is 10.2. The fourth-order valence-electron chi connectivity index (χ4n) is 2.62. The number of hydrogen-bond acceptors (Lipinski definition) is 3. The van der Waals surface area contributed by atoms with Gasteiger partial charge in [-0.25, -0.2) is 0 Å². The molecule has 6 nitrogen and oxygen atoms in total. The van der Waals surface area contributed by atoms with Gasteiger partial charge >= 0.3 is 0 Å². The van der Waals surface area contributed by atoms with Gasteiger partial charge in [-0.1, -0.05) is 15.9 Å². The van der Waals surface area contributed by atoms with Crippen molar-refractivity contribution in [3.63, 3.8) is 0 Å². The van der Waals surface area contributed by atoms with Crippen molar-refractivity contribution in [2.24, 2.45) is 0 Å². The van der Waals surface area contributed by atoms with E-state index in [0.717, 1.165) is 4.47 Å². The van der Waals surface area contributed by atoms with E-state index in [1.54, 1.807) is 47.2 Å². The first-order valence-corrected chi connectivity index (χ1v) is 8.68. The second-order valence-corrected chi connectivity index (χ2v) is 6.69. The molecule has 0 aliphatic heterocycles. The highest BCUT2D eigenvalue weighted by molar-refractivity contribution is 9.10. The van der Waals surface area contributed by atoms with Crippen molar-refractivity contribution < 1.29 is 9.59 Å². The smallest absolute Gasteiger partial charge is 0.244 e. The normalized spacial score (nSPS) is 10.5. The maximum atomic E-state index is 12.4. The Balaban J connectivity index is 1.76. The van der Waals surface area contributed by atoms with Crippen LogP contribution in [0.25, 0.3) is 10.9 Å². The zero-order chi connectivity index (χ0) is 18.7. The average molecular weight is 414 g/mol. The number of nitrogens with zero attached hydrogens (tertiary/aromatic N) is 1. The number of halogens is 1. The first-order chi connectivity index (χ1) is 12.4. The standard InChI is InChI=1S/C19H16BrN3O3/c1-12(24)21-14-3-5-15(6-4-14)22-19(26)11-23-9-8-18(25)16-10-13(20)2-7-17(16)23/h2-10H,11H2,1H3,(H,21,24)(H,22,26). The molecule has 0 bridgehead atoms. The summed E-state index contributed by atoms with van der Waals surface area (Å²) in [7, 11) is 0. The van der Waals surface area contributed by atoms with Gasteiger partial charge in [0.1, 0.15) is 6.54 Å². The number of carbonyl (C=O) groups is 2. The van der Waals surface area contributed by atoms with E-state index in [1.807, 2.05) is 6.07 Å². The fourth-order valence-corrected chi connectivity index (χ4v) is 2.98. The van der Waals surface area contributed by atoms with Crippen LogP contribution < -0.4 is 16.1 Å². The molecule has 2 aromatic carbocycles. The lowest BCUT2D eigenvalue weighted by Gasteiger charge is -2.12. The predicted molar refractivity (Wildman–Crippen MR) is 105 cm³/mol. The maximum Gasteiger partial charge on any atom is 0.244 e. The summed E-state index contributed by atoms with van der Waals surface area (Å²) in [5, 5.41) is 6.02. The van der Waals surface area contributed by atoms with E-state index in [-0.39, 0.29) is 23.8 Å². The fraction of sp³-hybridized carbons (Fsp3) is 0.105. The Morgan fingerprint density at radius 3 is 2.31 bits per heavy atom. The molecule has 7 heteroatoms. The molecule has 0 unspecified atom stereocenters. The molecule has 0 saturated carbocycles. The van der Waals surface area contributed by atoms with Crippen molar-refractivity contribution in [2.75, 3.05) is 10.6 Å². The molecule has 0 saturated heterocycles. The summed E-state index contributed by atoms with van der Waals surface area (Å²) in [4.78, 5) is 35.4. The number of nitrogens with one attached hydrogen (secondary N) is 2. The lowest BCUT2D eigenvalue weighted by Crippen LogP contribution is -2.20. The number of pyridine rings is 1. The summed E-state index contributed by atoms with van der Waals surface area (Å²) in [6.45, 7) is 1.51. The van der Waals surface area contributed by atoms with E-state index < -0.39 is 0 Å². The van der Waals surface area contributed by atoms with Gasteiger partial charge in [0.25, 0.3) is 0 Å². The van der Waals surface area contributed by atoms with Crippen LogP contribution in [0.1, 0.15) is 6.92 Å². The molecule has 1 aromatic heterocycles. The largest absolute Gasteiger partial charge is 0.338 e. The third-order valence-corrected chi connectivity index (χ3v) is 4.24. The van der Waals surface area contributed by atoms with Crippen LogP contribution in [-0.4, -0.2) is 16.4 Å². The SMILES string of the molecule is CC(=O)Nc1ccc(NC(=O)Cn2ccc(=O)c3cc(Br)ccc32)cc1. The summed E-state index contributed by atoms with van der Waals surface area (Å²) in [5.41, 5.74) is 1.88. The average Bonchev–Trinajstić information content (AvgIpc) is 2.59. The van der Waals surface area contributed by atoms with Crippen LogP contribution in [0, 0.1) is 0 Å². The van der Waals surface area contributed by atoms with Crippen molar-refractivity contribution in [1.82, 2.24) is 4.57 Å². The molecule has 0 fully saturated rings. The van der Waals surface area contributed by atoms with Gasteiger partial charge in [0.2, 0.25) is 11.8 Å². The van der Waals surface area contributed by atoms with Gasteiger partial charge in [0.05, 0.1) is 5.52 Å². The van der Waals surface area contributed by atoms with Crippen molar-refractivity contribution in [3.8, 4) is 0 Å². The molecular weight excluding hydrogens is 398 g/mol. The molecule has 3 rings (SSSR count). The van der Waals surface area contributed by atoms with Gasteiger partial charge in [-0.15, -0.1) is 0 Å². The molecule has 3 aromatic rings. The van der Waals surface area contributed by atoms with Gasteiger partial charge < -0.3 is 15.2 Å². The van der Waals surface area contributed by atoms with Gasteiger partial charge in [-0.3, -0.25) is 14.4 Å². The monoisotopic (exact) mass is 413 g/mol. The molecule has 1 heterocycles. The van der Waals surface area contributed by atoms with Gasteiger partial charge in [0, 0.05) is 40.4 Å². The number of amides is 2. The van der Waals surface area contributed by atoms with Crippen molar-refractivity contribution in [1.29, 1.82) is 0 Å². The minimum absolute atomic E-state index is 0.0753. The highest BCUT2D eigenvalue weighted by Gasteiger charge is 2.08. The van der Waals surface area contributed by atoms with Crippen LogP contribution in [-0.2, 0) is 16.1 Å². The predicted octanol–water partition coefficient (Wildman–Crippen LogP) is 3.36. The number of rotatable bonds is 4. The summed E-state index contributed by atoms with van der Waals surface area (Å²) < 4.78 is 2.54. The summed E-state index contributed by atoms with van der Waals surface area (Å²) >= 11 is 3.35. The molecule has 0 aliphatic rings. The molecule has 0 atom stereocenters.